The first kappa shape index (κ1) is 15.4. The number of aromatic amines is 1. The van der Waals surface area contributed by atoms with Crippen molar-refractivity contribution in [3.8, 4) is 11.4 Å². The average Bonchev–Trinajstić information content (AvgIpc) is 3.25. The molecule has 4 rings (SSSR count). The van der Waals surface area contributed by atoms with Crippen LogP contribution in [0.3, 0.4) is 0 Å². The van der Waals surface area contributed by atoms with Gasteiger partial charge in [-0.25, -0.2) is 9.97 Å². The van der Waals surface area contributed by atoms with Crippen molar-refractivity contribution in [2.45, 2.75) is 12.6 Å². The van der Waals surface area contributed by atoms with Crippen molar-refractivity contribution in [3.63, 3.8) is 0 Å². The Hall–Kier alpha value is -3.10. The lowest BCUT2D eigenvalue weighted by Gasteiger charge is -2.13. The molecule has 0 spiro atoms. The Morgan fingerprint density at radius 3 is 2.72 bits per heavy atom. The molecule has 3 aromatic heterocycles. The van der Waals surface area contributed by atoms with Crippen molar-refractivity contribution in [2.75, 3.05) is 11.9 Å². The van der Waals surface area contributed by atoms with E-state index in [2.05, 4.69) is 25.5 Å². The number of nitrogens with one attached hydrogen (secondary N) is 2. The van der Waals surface area contributed by atoms with Gasteiger partial charge in [-0.1, -0.05) is 6.07 Å². The van der Waals surface area contributed by atoms with Crippen LogP contribution < -0.4 is 5.32 Å². The normalized spacial score (nSPS) is 12.1. The van der Waals surface area contributed by atoms with Crippen LogP contribution in [0.15, 0.2) is 42.9 Å². The summed E-state index contributed by atoms with van der Waals surface area (Å²) in [5.41, 5.74) is 2.89. The maximum atomic E-state index is 12.4. The van der Waals surface area contributed by atoms with Crippen LogP contribution >= 0.6 is 0 Å². The van der Waals surface area contributed by atoms with Gasteiger partial charge in [0.2, 0.25) is 0 Å². The number of hydrogen-bond donors (Lipinski definition) is 2. The quantitative estimate of drug-likeness (QED) is 0.592. The molecule has 0 aliphatic rings. The summed E-state index contributed by atoms with van der Waals surface area (Å²) >= 11 is 0. The molecular weight excluding hydrogens is 333 g/mol. The third kappa shape index (κ3) is 2.88. The highest BCUT2D eigenvalue weighted by atomic mass is 19.4. The van der Waals surface area contributed by atoms with Gasteiger partial charge in [0.1, 0.15) is 11.8 Å². The Balaban J connectivity index is 1.84. The molecule has 0 unspecified atom stereocenters. The molecule has 0 saturated heterocycles. The van der Waals surface area contributed by atoms with E-state index in [-0.39, 0.29) is 6.54 Å². The number of nitrogens with zero attached hydrogens (tertiary/aromatic N) is 4. The van der Waals surface area contributed by atoms with Gasteiger partial charge in [-0.05, 0) is 24.3 Å². The first-order valence-corrected chi connectivity index (χ1v) is 7.59. The van der Waals surface area contributed by atoms with Gasteiger partial charge in [0.25, 0.3) is 0 Å². The number of alkyl halides is 3. The molecule has 0 radical (unpaired) electrons. The molecule has 6 nitrogen and oxygen atoms in total. The van der Waals surface area contributed by atoms with E-state index in [1.807, 2.05) is 40.9 Å². The van der Waals surface area contributed by atoms with Crippen molar-refractivity contribution in [1.29, 1.82) is 0 Å². The van der Waals surface area contributed by atoms with Crippen molar-refractivity contribution >= 4 is 22.4 Å². The number of fused-ring (bicyclic) bond motifs is 3. The van der Waals surface area contributed by atoms with Crippen molar-refractivity contribution in [2.24, 2.45) is 0 Å². The maximum Gasteiger partial charge on any atom is 0.390 e. The first-order valence-electron chi connectivity index (χ1n) is 7.59. The van der Waals surface area contributed by atoms with Crippen molar-refractivity contribution < 1.29 is 13.2 Å². The molecule has 128 valence electrons. The molecule has 0 saturated carbocycles. The van der Waals surface area contributed by atoms with E-state index < -0.39 is 12.6 Å². The largest absolute Gasteiger partial charge is 0.390 e. The topological polar surface area (TPSA) is 70.9 Å². The molecule has 0 aliphatic heterocycles. The highest BCUT2D eigenvalue weighted by molar-refractivity contribution is 5.94. The van der Waals surface area contributed by atoms with Crippen molar-refractivity contribution in [1.82, 2.24) is 24.6 Å². The zero-order valence-corrected chi connectivity index (χ0v) is 12.9. The number of hydrogen-bond acceptors (Lipinski definition) is 4. The van der Waals surface area contributed by atoms with E-state index in [4.69, 9.17) is 0 Å². The van der Waals surface area contributed by atoms with Crippen LogP contribution in [0.1, 0.15) is 6.42 Å². The maximum absolute atomic E-state index is 12.4. The number of para-hydroxylation sites is 1. The average molecular weight is 346 g/mol. The van der Waals surface area contributed by atoms with E-state index >= 15 is 0 Å². The Morgan fingerprint density at radius 2 is 1.96 bits per heavy atom. The summed E-state index contributed by atoms with van der Waals surface area (Å²) in [6.07, 6.45) is -1.90. The Bertz CT molecular complexity index is 1020. The van der Waals surface area contributed by atoms with Crippen LogP contribution in [0.5, 0.6) is 0 Å². The highest BCUT2D eigenvalue weighted by Crippen LogP contribution is 2.29. The van der Waals surface area contributed by atoms with Gasteiger partial charge in [0.05, 0.1) is 17.5 Å². The predicted octanol–water partition coefficient (Wildman–Crippen LogP) is 3.64. The van der Waals surface area contributed by atoms with E-state index in [0.29, 0.717) is 22.7 Å². The highest BCUT2D eigenvalue weighted by Gasteiger charge is 2.26. The lowest BCUT2D eigenvalue weighted by atomic mass is 10.1. The molecule has 1 aromatic carbocycles. The van der Waals surface area contributed by atoms with Gasteiger partial charge in [-0.15, -0.1) is 0 Å². The second-order valence-electron chi connectivity index (χ2n) is 5.52. The minimum absolute atomic E-state index is 0.243. The molecule has 2 N–H and O–H groups in total. The molecule has 0 atom stereocenters. The fourth-order valence-corrected chi connectivity index (χ4v) is 2.78. The first-order chi connectivity index (χ1) is 12.0. The zero-order valence-electron chi connectivity index (χ0n) is 12.9. The van der Waals surface area contributed by atoms with Crippen LogP contribution in [0.25, 0.3) is 27.9 Å². The Morgan fingerprint density at radius 1 is 1.12 bits per heavy atom. The minimum Gasteiger partial charge on any atom is -0.368 e. The van der Waals surface area contributed by atoms with E-state index in [0.717, 1.165) is 11.1 Å². The van der Waals surface area contributed by atoms with Crippen molar-refractivity contribution in [3.05, 3.63) is 42.9 Å². The van der Waals surface area contributed by atoms with Gasteiger partial charge < -0.3 is 9.72 Å². The van der Waals surface area contributed by atoms with Gasteiger partial charge in [-0.2, -0.15) is 18.3 Å². The van der Waals surface area contributed by atoms with Crippen LogP contribution in [0, 0.1) is 0 Å². The molecule has 3 heterocycles. The van der Waals surface area contributed by atoms with E-state index in [9.17, 15) is 13.2 Å². The fraction of sp³-hybridized carbons (Fsp3) is 0.188. The summed E-state index contributed by atoms with van der Waals surface area (Å²) < 4.78 is 39.2. The van der Waals surface area contributed by atoms with E-state index in [1.54, 1.807) is 0 Å². The molecular formula is C16H13F3N6. The molecule has 0 amide bonds. The number of benzene rings is 1. The van der Waals surface area contributed by atoms with Crippen LogP contribution in [0.4, 0.5) is 19.0 Å². The van der Waals surface area contributed by atoms with Crippen LogP contribution in [0.2, 0.25) is 0 Å². The smallest absolute Gasteiger partial charge is 0.368 e. The third-order valence-electron chi connectivity index (χ3n) is 3.86. The molecule has 9 heteroatoms. The Kier molecular flexibility index (Phi) is 3.56. The number of rotatable bonds is 4. The zero-order chi connectivity index (χ0) is 17.4. The third-order valence-corrected chi connectivity index (χ3v) is 3.86. The molecule has 25 heavy (non-hydrogen) atoms. The summed E-state index contributed by atoms with van der Waals surface area (Å²) in [5.74, 6) is 0.944. The summed E-state index contributed by atoms with van der Waals surface area (Å²) in [5, 5.41) is 9.43. The monoisotopic (exact) mass is 346 g/mol. The SMILES string of the molecule is FC(F)(F)CCNc1nc2c(-c3ncn[nH]3)cccc2n2cccc12. The van der Waals surface area contributed by atoms with Gasteiger partial charge >= 0.3 is 6.18 Å². The van der Waals surface area contributed by atoms with Gasteiger partial charge in [0.15, 0.2) is 11.6 Å². The minimum atomic E-state index is -4.22. The van der Waals surface area contributed by atoms with E-state index in [1.165, 1.54) is 6.33 Å². The number of halogens is 3. The Labute approximate surface area is 139 Å². The summed E-state index contributed by atoms with van der Waals surface area (Å²) in [6, 6.07) is 9.24. The molecule has 0 aliphatic carbocycles. The summed E-state index contributed by atoms with van der Waals surface area (Å²) in [6.45, 7) is -0.243. The molecule has 0 bridgehead atoms. The molecule has 0 fully saturated rings. The van der Waals surface area contributed by atoms with Gasteiger partial charge in [0, 0.05) is 18.3 Å². The second kappa shape index (κ2) is 5.76. The van der Waals surface area contributed by atoms with Gasteiger partial charge in [-0.3, -0.25) is 5.10 Å². The van der Waals surface area contributed by atoms with Crippen LogP contribution in [-0.4, -0.2) is 37.3 Å². The lowest BCUT2D eigenvalue weighted by Crippen LogP contribution is -2.15. The number of aromatic nitrogens is 5. The fourth-order valence-electron chi connectivity index (χ4n) is 2.78. The number of anilines is 1. The van der Waals surface area contributed by atoms with Crippen LogP contribution in [-0.2, 0) is 0 Å². The summed E-state index contributed by atoms with van der Waals surface area (Å²) in [4.78, 5) is 8.71. The second-order valence-corrected chi connectivity index (χ2v) is 5.52. The lowest BCUT2D eigenvalue weighted by molar-refractivity contribution is -0.131. The summed E-state index contributed by atoms with van der Waals surface area (Å²) in [7, 11) is 0. The number of H-pyrrole nitrogens is 1. The standard InChI is InChI=1S/C16H13F3N6/c17-16(18,19)6-7-20-15-12-5-2-8-25(12)11-4-1-3-10(13(11)23-15)14-21-9-22-24-14/h1-5,8-9H,6-7H2,(H,20,23)(H,21,22,24). The molecule has 4 aromatic rings. The predicted molar refractivity (Wildman–Crippen MR) is 87.2 cm³/mol.